The second-order valence-electron chi connectivity index (χ2n) is 6.49. The maximum Gasteiger partial charge on any atom is 0.272 e. The fourth-order valence-corrected chi connectivity index (χ4v) is 3.22. The van der Waals surface area contributed by atoms with E-state index < -0.39 is 0 Å². The van der Waals surface area contributed by atoms with Crippen LogP contribution < -0.4 is 0 Å². The number of aromatic nitrogens is 3. The summed E-state index contributed by atoms with van der Waals surface area (Å²) in [4.78, 5) is 25.5. The van der Waals surface area contributed by atoms with E-state index in [0.717, 1.165) is 44.1 Å². The molecule has 1 amide bonds. The molecule has 3 aromatic heterocycles. The Labute approximate surface area is 146 Å². The first kappa shape index (κ1) is 15.8. The fraction of sp³-hybridized carbons (Fsp3) is 0.316. The molecular weight excluding hydrogens is 314 g/mol. The summed E-state index contributed by atoms with van der Waals surface area (Å²) >= 11 is 0. The molecule has 1 saturated heterocycles. The lowest BCUT2D eigenvalue weighted by atomic mass is 10.2. The van der Waals surface area contributed by atoms with Crippen molar-refractivity contribution in [1.82, 2.24) is 24.2 Å². The monoisotopic (exact) mass is 335 g/mol. The molecule has 1 aliphatic heterocycles. The number of imidazole rings is 1. The Balaban J connectivity index is 1.37. The molecule has 0 N–H and O–H groups in total. The van der Waals surface area contributed by atoms with Crippen LogP contribution in [0.3, 0.4) is 0 Å². The van der Waals surface area contributed by atoms with Crippen molar-refractivity contribution in [3.63, 3.8) is 0 Å². The van der Waals surface area contributed by atoms with Crippen LogP contribution in [-0.2, 0) is 6.54 Å². The molecule has 0 unspecified atom stereocenters. The molecule has 0 saturated carbocycles. The Bertz CT molecular complexity index is 881. The fourth-order valence-electron chi connectivity index (χ4n) is 3.22. The minimum Gasteiger partial charge on any atom is -0.335 e. The summed E-state index contributed by atoms with van der Waals surface area (Å²) in [5.41, 5.74) is 3.78. The number of pyridine rings is 2. The second-order valence-corrected chi connectivity index (χ2v) is 6.49. The van der Waals surface area contributed by atoms with Gasteiger partial charge in [-0.15, -0.1) is 0 Å². The standard InChI is InChI=1S/C19H21N5O/c1-15-5-6-18-21-16(14-24(18)12-15)13-22-8-10-23(11-9-22)19(25)17-4-2-3-7-20-17/h2-7,12,14H,8-11,13H2,1H3. The number of fused-ring (bicyclic) bond motifs is 1. The Hall–Kier alpha value is -2.73. The zero-order valence-electron chi connectivity index (χ0n) is 14.3. The van der Waals surface area contributed by atoms with Gasteiger partial charge in [0.15, 0.2) is 0 Å². The van der Waals surface area contributed by atoms with Crippen molar-refractivity contribution in [2.24, 2.45) is 0 Å². The predicted molar refractivity (Wildman–Crippen MR) is 95.3 cm³/mol. The minimum atomic E-state index is 0.0171. The van der Waals surface area contributed by atoms with Crippen LogP contribution in [0.15, 0.2) is 48.9 Å². The first-order valence-corrected chi connectivity index (χ1v) is 8.56. The van der Waals surface area contributed by atoms with Crippen LogP contribution in [0.2, 0.25) is 0 Å². The van der Waals surface area contributed by atoms with Crippen molar-refractivity contribution in [2.75, 3.05) is 26.2 Å². The summed E-state index contributed by atoms with van der Waals surface area (Å²) in [5.74, 6) is 0.0171. The third-order valence-electron chi connectivity index (χ3n) is 4.58. The van der Waals surface area contributed by atoms with Crippen LogP contribution >= 0.6 is 0 Å². The Morgan fingerprint density at radius 1 is 1.08 bits per heavy atom. The number of rotatable bonds is 3. The van der Waals surface area contributed by atoms with E-state index in [1.54, 1.807) is 12.3 Å². The van der Waals surface area contributed by atoms with Crippen molar-refractivity contribution in [2.45, 2.75) is 13.5 Å². The van der Waals surface area contributed by atoms with E-state index in [1.807, 2.05) is 23.1 Å². The molecule has 6 nitrogen and oxygen atoms in total. The number of carbonyl (C=O) groups is 1. The molecule has 128 valence electrons. The zero-order valence-corrected chi connectivity index (χ0v) is 14.3. The summed E-state index contributed by atoms with van der Waals surface area (Å²) in [6.45, 7) is 6.05. The van der Waals surface area contributed by atoms with Crippen LogP contribution in [0.25, 0.3) is 5.65 Å². The summed E-state index contributed by atoms with van der Waals surface area (Å²) in [5, 5.41) is 0. The van der Waals surface area contributed by atoms with Crippen LogP contribution in [0, 0.1) is 6.92 Å². The first-order chi connectivity index (χ1) is 12.2. The number of amides is 1. The summed E-state index contributed by atoms with van der Waals surface area (Å²) < 4.78 is 2.07. The summed E-state index contributed by atoms with van der Waals surface area (Å²) in [7, 11) is 0. The van der Waals surface area contributed by atoms with Gasteiger partial charge in [-0.3, -0.25) is 14.7 Å². The summed E-state index contributed by atoms with van der Waals surface area (Å²) in [6.07, 6.45) is 5.84. The molecule has 25 heavy (non-hydrogen) atoms. The van der Waals surface area contributed by atoms with Crippen LogP contribution in [0.1, 0.15) is 21.7 Å². The molecule has 0 aromatic carbocycles. The van der Waals surface area contributed by atoms with Crippen molar-refractivity contribution in [3.05, 3.63) is 65.9 Å². The Morgan fingerprint density at radius 2 is 1.92 bits per heavy atom. The third kappa shape index (κ3) is 3.39. The van der Waals surface area contributed by atoms with Crippen molar-refractivity contribution >= 4 is 11.6 Å². The van der Waals surface area contributed by atoms with Crippen molar-refractivity contribution < 1.29 is 4.79 Å². The second kappa shape index (κ2) is 6.64. The van der Waals surface area contributed by atoms with Gasteiger partial charge in [0.05, 0.1) is 5.69 Å². The highest BCUT2D eigenvalue weighted by molar-refractivity contribution is 5.92. The molecule has 0 spiro atoms. The maximum atomic E-state index is 12.4. The normalized spacial score (nSPS) is 15.6. The van der Waals surface area contributed by atoms with Gasteiger partial charge in [-0.1, -0.05) is 12.1 Å². The average molecular weight is 335 g/mol. The molecule has 1 fully saturated rings. The highest BCUT2D eigenvalue weighted by atomic mass is 16.2. The van der Waals surface area contributed by atoms with Gasteiger partial charge in [0.2, 0.25) is 0 Å². The van der Waals surface area contributed by atoms with Gasteiger partial charge in [-0.25, -0.2) is 4.98 Å². The highest BCUT2D eigenvalue weighted by Crippen LogP contribution is 2.12. The molecule has 1 aliphatic rings. The van der Waals surface area contributed by atoms with Crippen LogP contribution in [0.5, 0.6) is 0 Å². The lowest BCUT2D eigenvalue weighted by molar-refractivity contribution is 0.0621. The lowest BCUT2D eigenvalue weighted by Gasteiger charge is -2.34. The minimum absolute atomic E-state index is 0.0171. The van der Waals surface area contributed by atoms with E-state index in [1.165, 1.54) is 5.56 Å². The van der Waals surface area contributed by atoms with E-state index in [9.17, 15) is 4.79 Å². The number of aryl methyl sites for hydroxylation is 1. The van der Waals surface area contributed by atoms with E-state index in [0.29, 0.717) is 5.69 Å². The Kier molecular flexibility index (Phi) is 4.19. The van der Waals surface area contributed by atoms with Crippen LogP contribution in [0.4, 0.5) is 0 Å². The highest BCUT2D eigenvalue weighted by Gasteiger charge is 2.23. The van der Waals surface area contributed by atoms with Crippen molar-refractivity contribution in [1.29, 1.82) is 0 Å². The first-order valence-electron chi connectivity index (χ1n) is 8.56. The molecule has 3 aromatic rings. The molecule has 0 atom stereocenters. The largest absolute Gasteiger partial charge is 0.335 e. The zero-order chi connectivity index (χ0) is 17.2. The quantitative estimate of drug-likeness (QED) is 0.735. The average Bonchev–Trinajstić information content (AvgIpc) is 3.04. The van der Waals surface area contributed by atoms with E-state index >= 15 is 0 Å². The smallest absolute Gasteiger partial charge is 0.272 e. The Morgan fingerprint density at radius 3 is 2.68 bits per heavy atom. The van der Waals surface area contributed by atoms with E-state index in [2.05, 4.69) is 44.7 Å². The maximum absolute atomic E-state index is 12.4. The molecule has 0 bridgehead atoms. The number of hydrogen-bond acceptors (Lipinski definition) is 4. The van der Waals surface area contributed by atoms with Gasteiger partial charge in [-0.05, 0) is 30.7 Å². The molecular formula is C19H21N5O. The van der Waals surface area contributed by atoms with Crippen molar-refractivity contribution in [3.8, 4) is 0 Å². The van der Waals surface area contributed by atoms with Gasteiger partial charge in [0.1, 0.15) is 11.3 Å². The lowest BCUT2D eigenvalue weighted by Crippen LogP contribution is -2.48. The molecule has 4 rings (SSSR count). The van der Waals surface area contributed by atoms with Crippen LogP contribution in [-0.4, -0.2) is 56.3 Å². The SMILES string of the molecule is Cc1ccc2nc(CN3CCN(C(=O)c4ccccn4)CC3)cn2c1. The van der Waals surface area contributed by atoms with E-state index in [-0.39, 0.29) is 5.91 Å². The van der Waals surface area contributed by atoms with Gasteiger partial charge in [-0.2, -0.15) is 0 Å². The van der Waals surface area contributed by atoms with Gasteiger partial charge in [0.25, 0.3) is 5.91 Å². The summed E-state index contributed by atoms with van der Waals surface area (Å²) in [6, 6.07) is 9.57. The molecule has 6 heteroatoms. The molecule has 4 heterocycles. The number of carbonyl (C=O) groups excluding carboxylic acids is 1. The number of hydrogen-bond donors (Lipinski definition) is 0. The number of nitrogens with zero attached hydrogens (tertiary/aromatic N) is 5. The third-order valence-corrected chi connectivity index (χ3v) is 4.58. The molecule has 0 radical (unpaired) electrons. The number of piperazine rings is 1. The molecule has 0 aliphatic carbocycles. The predicted octanol–water partition coefficient (Wildman–Crippen LogP) is 2.00. The van der Waals surface area contributed by atoms with E-state index in [4.69, 9.17) is 0 Å². The van der Waals surface area contributed by atoms with Gasteiger partial charge in [0, 0.05) is 51.3 Å². The van der Waals surface area contributed by atoms with Gasteiger partial charge < -0.3 is 9.30 Å². The van der Waals surface area contributed by atoms with Gasteiger partial charge >= 0.3 is 0 Å². The topological polar surface area (TPSA) is 53.7 Å².